The van der Waals surface area contributed by atoms with E-state index < -0.39 is 11.1 Å². The normalized spacial score (nSPS) is 22.6. The largest absolute Gasteiger partial charge is 0.336 e. The van der Waals surface area contributed by atoms with E-state index in [2.05, 4.69) is 0 Å². The summed E-state index contributed by atoms with van der Waals surface area (Å²) < 4.78 is 0. The summed E-state index contributed by atoms with van der Waals surface area (Å²) in [5, 5.41) is 11.7. The number of benzene rings is 1. The molecule has 1 fully saturated rings. The molecule has 0 saturated carbocycles. The number of carbonyl (C=O) groups excluding carboxylic acids is 1. The third-order valence-corrected chi connectivity index (χ3v) is 3.88. The second-order valence-electron chi connectivity index (χ2n) is 6.85. The number of rotatable bonds is 2. The van der Waals surface area contributed by atoms with Crippen LogP contribution in [0.25, 0.3) is 0 Å². The topological polar surface area (TPSA) is 43.8 Å². The molecule has 0 spiro atoms. The molecule has 1 aliphatic heterocycles. The first-order chi connectivity index (χ1) is 9.22. The molecule has 4 nitrogen and oxygen atoms in total. The summed E-state index contributed by atoms with van der Waals surface area (Å²) in [6.07, 6.45) is 0.319. The van der Waals surface area contributed by atoms with Gasteiger partial charge in [0.1, 0.15) is 0 Å². The van der Waals surface area contributed by atoms with Gasteiger partial charge < -0.3 is 10.1 Å². The van der Waals surface area contributed by atoms with E-state index in [1.54, 1.807) is 0 Å². The summed E-state index contributed by atoms with van der Waals surface area (Å²) in [7, 11) is 0. The fourth-order valence-electron chi connectivity index (χ4n) is 2.95. The van der Waals surface area contributed by atoms with Gasteiger partial charge in [0.2, 0.25) is 5.91 Å². The third-order valence-electron chi connectivity index (χ3n) is 3.88. The van der Waals surface area contributed by atoms with Crippen LogP contribution in [-0.4, -0.2) is 38.7 Å². The van der Waals surface area contributed by atoms with E-state index in [1.807, 2.05) is 62.9 Å². The molecule has 1 saturated heterocycles. The second kappa shape index (κ2) is 5.19. The molecule has 0 bridgehead atoms. The van der Waals surface area contributed by atoms with Crippen molar-refractivity contribution in [2.24, 2.45) is 0 Å². The van der Waals surface area contributed by atoms with Gasteiger partial charge in [-0.15, -0.1) is 0 Å². The molecule has 0 radical (unpaired) electrons. The number of hydrogen-bond acceptors (Lipinski definition) is 3. The molecule has 1 aromatic carbocycles. The lowest BCUT2D eigenvalue weighted by Gasteiger charge is -2.41. The lowest BCUT2D eigenvalue weighted by Crippen LogP contribution is -2.54. The minimum atomic E-state index is -0.550. The molecule has 1 heterocycles. The number of carbonyl (C=O) groups is 1. The average molecular weight is 276 g/mol. The minimum absolute atomic E-state index is 0.0866. The number of nitrogens with zero attached hydrogens (tertiary/aromatic N) is 2. The smallest absolute Gasteiger partial charge is 0.224 e. The van der Waals surface area contributed by atoms with Crippen molar-refractivity contribution in [2.75, 3.05) is 6.54 Å². The quantitative estimate of drug-likeness (QED) is 0.903. The van der Waals surface area contributed by atoms with Crippen molar-refractivity contribution in [3.05, 3.63) is 35.9 Å². The maximum absolute atomic E-state index is 12.5. The van der Waals surface area contributed by atoms with Gasteiger partial charge in [-0.2, -0.15) is 5.06 Å². The van der Waals surface area contributed by atoms with E-state index in [0.717, 1.165) is 5.56 Å². The zero-order chi connectivity index (χ0) is 15.0. The molecule has 1 aromatic rings. The van der Waals surface area contributed by atoms with Gasteiger partial charge >= 0.3 is 0 Å². The van der Waals surface area contributed by atoms with Gasteiger partial charge in [-0.3, -0.25) is 4.79 Å². The fourth-order valence-corrected chi connectivity index (χ4v) is 2.95. The Kier molecular flexibility index (Phi) is 3.89. The van der Waals surface area contributed by atoms with Gasteiger partial charge in [0.05, 0.1) is 5.54 Å². The Bertz CT molecular complexity index is 483. The highest BCUT2D eigenvalue weighted by Crippen LogP contribution is 2.31. The SMILES string of the molecule is CC1(C)CC(=O)N(Cc2ccccc2)CC(C)(C)N1O. The van der Waals surface area contributed by atoms with E-state index in [-0.39, 0.29) is 5.91 Å². The van der Waals surface area contributed by atoms with Gasteiger partial charge in [0, 0.05) is 25.0 Å². The summed E-state index contributed by atoms with van der Waals surface area (Å²) in [4.78, 5) is 14.3. The molecule has 2 rings (SSSR count). The van der Waals surface area contributed by atoms with Crippen LogP contribution in [0.3, 0.4) is 0 Å². The van der Waals surface area contributed by atoms with E-state index in [1.165, 1.54) is 5.06 Å². The molecule has 20 heavy (non-hydrogen) atoms. The lowest BCUT2D eigenvalue weighted by molar-refractivity contribution is -0.219. The Morgan fingerprint density at radius 3 is 2.30 bits per heavy atom. The van der Waals surface area contributed by atoms with Crippen LogP contribution < -0.4 is 0 Å². The fraction of sp³-hybridized carbons (Fsp3) is 0.562. The highest BCUT2D eigenvalue weighted by atomic mass is 16.5. The Balaban J connectivity index is 2.24. The van der Waals surface area contributed by atoms with Crippen molar-refractivity contribution in [3.8, 4) is 0 Å². The third kappa shape index (κ3) is 3.02. The summed E-state index contributed by atoms with van der Waals surface area (Å²) in [5.41, 5.74) is 0.0945. The molecule has 0 unspecified atom stereocenters. The zero-order valence-electron chi connectivity index (χ0n) is 12.8. The first-order valence-corrected chi connectivity index (χ1v) is 7.03. The van der Waals surface area contributed by atoms with E-state index >= 15 is 0 Å². The van der Waals surface area contributed by atoms with Crippen molar-refractivity contribution >= 4 is 5.91 Å². The van der Waals surface area contributed by atoms with Crippen LogP contribution in [0.2, 0.25) is 0 Å². The van der Waals surface area contributed by atoms with Crippen LogP contribution in [-0.2, 0) is 11.3 Å². The van der Waals surface area contributed by atoms with Gasteiger partial charge in [0.25, 0.3) is 0 Å². The molecule has 0 atom stereocenters. The average Bonchev–Trinajstić information content (AvgIpc) is 2.41. The Hall–Kier alpha value is -1.39. The van der Waals surface area contributed by atoms with Crippen LogP contribution in [0.4, 0.5) is 0 Å². The second-order valence-corrected chi connectivity index (χ2v) is 6.85. The molecule has 1 N–H and O–H groups in total. The monoisotopic (exact) mass is 276 g/mol. The molecule has 4 heteroatoms. The van der Waals surface area contributed by atoms with Crippen molar-refractivity contribution in [1.29, 1.82) is 0 Å². The maximum Gasteiger partial charge on any atom is 0.224 e. The highest BCUT2D eigenvalue weighted by Gasteiger charge is 2.44. The van der Waals surface area contributed by atoms with Crippen molar-refractivity contribution in [3.63, 3.8) is 0 Å². The molecule has 1 aliphatic rings. The van der Waals surface area contributed by atoms with Gasteiger partial charge in [-0.05, 0) is 33.3 Å². The lowest BCUT2D eigenvalue weighted by atomic mass is 9.95. The molecule has 0 aromatic heterocycles. The Labute approximate surface area is 121 Å². The minimum Gasteiger partial charge on any atom is -0.336 e. The van der Waals surface area contributed by atoms with E-state index in [9.17, 15) is 10.0 Å². The summed E-state index contributed by atoms with van der Waals surface area (Å²) >= 11 is 0. The predicted molar refractivity (Wildman–Crippen MR) is 78.3 cm³/mol. The van der Waals surface area contributed by atoms with Gasteiger partial charge in [-0.1, -0.05) is 30.3 Å². The molecule has 110 valence electrons. The van der Waals surface area contributed by atoms with Crippen LogP contribution in [0.5, 0.6) is 0 Å². The maximum atomic E-state index is 12.5. The standard InChI is InChI=1S/C16H24N2O2/c1-15(2)10-14(19)17(12-16(3,4)18(15)20)11-13-8-6-5-7-9-13/h5-9,20H,10-12H2,1-4H3. The molecule has 0 aliphatic carbocycles. The Morgan fingerprint density at radius 1 is 1.10 bits per heavy atom. The van der Waals surface area contributed by atoms with Crippen LogP contribution >= 0.6 is 0 Å². The number of hydrogen-bond donors (Lipinski definition) is 1. The highest BCUT2D eigenvalue weighted by molar-refractivity contribution is 5.78. The molecular weight excluding hydrogens is 252 g/mol. The van der Waals surface area contributed by atoms with Crippen molar-refractivity contribution in [1.82, 2.24) is 9.96 Å². The van der Waals surface area contributed by atoms with Gasteiger partial charge in [0.15, 0.2) is 0 Å². The predicted octanol–water partition coefficient (Wildman–Crippen LogP) is 2.67. The zero-order valence-corrected chi connectivity index (χ0v) is 12.8. The van der Waals surface area contributed by atoms with Crippen LogP contribution in [0, 0.1) is 0 Å². The van der Waals surface area contributed by atoms with E-state index in [0.29, 0.717) is 19.5 Å². The first-order valence-electron chi connectivity index (χ1n) is 7.03. The van der Waals surface area contributed by atoms with E-state index in [4.69, 9.17) is 0 Å². The Morgan fingerprint density at radius 2 is 1.70 bits per heavy atom. The van der Waals surface area contributed by atoms with Crippen LogP contribution in [0.1, 0.15) is 39.7 Å². The van der Waals surface area contributed by atoms with Crippen molar-refractivity contribution in [2.45, 2.75) is 51.7 Å². The van der Waals surface area contributed by atoms with Crippen LogP contribution in [0.15, 0.2) is 30.3 Å². The summed E-state index contributed by atoms with van der Waals surface area (Å²) in [6.45, 7) is 8.84. The summed E-state index contributed by atoms with van der Waals surface area (Å²) in [6, 6.07) is 9.96. The molecular formula is C16H24N2O2. The van der Waals surface area contributed by atoms with Gasteiger partial charge in [-0.25, -0.2) is 0 Å². The molecule has 1 amide bonds. The number of amides is 1. The first kappa shape index (κ1) is 15.0. The van der Waals surface area contributed by atoms with Crippen molar-refractivity contribution < 1.29 is 10.0 Å². The number of hydroxylamine groups is 2. The summed E-state index contributed by atoms with van der Waals surface area (Å²) in [5.74, 6) is 0.0866.